The third kappa shape index (κ3) is 3.01. The second-order valence-corrected chi connectivity index (χ2v) is 6.58. The van der Waals surface area contributed by atoms with Gasteiger partial charge in [-0.05, 0) is 37.1 Å². The molecule has 1 saturated heterocycles. The zero-order chi connectivity index (χ0) is 12.3. The summed E-state index contributed by atoms with van der Waals surface area (Å²) in [6.07, 6.45) is 9.02. The van der Waals surface area contributed by atoms with Crippen molar-refractivity contribution in [2.75, 3.05) is 13.1 Å². The Kier molecular flexibility index (Phi) is 4.09. The van der Waals surface area contributed by atoms with Crippen LogP contribution in [0.1, 0.15) is 58.8 Å². The van der Waals surface area contributed by atoms with Gasteiger partial charge in [-0.15, -0.1) is 0 Å². The molecule has 17 heavy (non-hydrogen) atoms. The molecule has 0 spiro atoms. The van der Waals surface area contributed by atoms with E-state index in [1.165, 1.54) is 45.1 Å². The van der Waals surface area contributed by atoms with Crippen LogP contribution in [0.3, 0.4) is 0 Å². The van der Waals surface area contributed by atoms with E-state index in [1.54, 1.807) is 0 Å². The lowest BCUT2D eigenvalue weighted by Gasteiger charge is -2.47. The first-order valence-corrected chi connectivity index (χ1v) is 7.24. The van der Waals surface area contributed by atoms with Gasteiger partial charge in [-0.1, -0.05) is 33.1 Å². The van der Waals surface area contributed by atoms with Gasteiger partial charge in [0, 0.05) is 19.0 Å². The molecule has 1 aliphatic heterocycles. The summed E-state index contributed by atoms with van der Waals surface area (Å²) >= 11 is 0. The number of nitrogens with zero attached hydrogens (tertiary/aromatic N) is 2. The highest BCUT2D eigenvalue weighted by Crippen LogP contribution is 2.39. The molecular weight excluding hydrogens is 208 g/mol. The Balaban J connectivity index is 1.96. The number of piperidine rings is 1. The van der Waals surface area contributed by atoms with Crippen LogP contribution in [-0.2, 0) is 0 Å². The maximum Gasteiger partial charge on any atom is 0.0625 e. The summed E-state index contributed by atoms with van der Waals surface area (Å²) in [4.78, 5) is 2.69. The van der Waals surface area contributed by atoms with Crippen molar-refractivity contribution in [3.05, 3.63) is 0 Å². The Hall–Kier alpha value is -0.550. The Labute approximate surface area is 106 Å². The van der Waals surface area contributed by atoms with Crippen LogP contribution in [0.4, 0.5) is 0 Å². The highest BCUT2D eigenvalue weighted by molar-refractivity contribution is 4.93. The lowest BCUT2D eigenvalue weighted by molar-refractivity contribution is 0.0252. The number of hydrogen-bond donors (Lipinski definition) is 0. The number of hydrogen-bond acceptors (Lipinski definition) is 2. The minimum Gasteiger partial charge on any atom is -0.300 e. The first-order valence-electron chi connectivity index (χ1n) is 7.24. The Morgan fingerprint density at radius 2 is 1.94 bits per heavy atom. The predicted molar refractivity (Wildman–Crippen MR) is 70.6 cm³/mol. The molecule has 0 aromatic rings. The fraction of sp³-hybridized carbons (Fsp3) is 0.933. The molecule has 2 fully saturated rings. The van der Waals surface area contributed by atoms with E-state index in [4.69, 9.17) is 5.26 Å². The van der Waals surface area contributed by atoms with Gasteiger partial charge >= 0.3 is 0 Å². The average molecular weight is 234 g/mol. The summed E-state index contributed by atoms with van der Waals surface area (Å²) in [6.45, 7) is 7.09. The third-order valence-electron chi connectivity index (χ3n) is 5.03. The molecule has 0 aromatic carbocycles. The number of likely N-dealkylation sites (tertiary alicyclic amines) is 1. The molecule has 1 saturated carbocycles. The van der Waals surface area contributed by atoms with E-state index in [0.29, 0.717) is 11.3 Å². The first-order chi connectivity index (χ1) is 8.13. The second kappa shape index (κ2) is 5.40. The van der Waals surface area contributed by atoms with Crippen LogP contribution < -0.4 is 0 Å². The molecule has 1 unspecified atom stereocenters. The van der Waals surface area contributed by atoms with Crippen LogP contribution in [0, 0.1) is 22.7 Å². The van der Waals surface area contributed by atoms with E-state index in [-0.39, 0.29) is 0 Å². The van der Waals surface area contributed by atoms with Crippen molar-refractivity contribution in [1.82, 2.24) is 4.90 Å². The number of nitriles is 1. The topological polar surface area (TPSA) is 27.0 Å². The van der Waals surface area contributed by atoms with Gasteiger partial charge in [-0.2, -0.15) is 5.26 Å². The van der Waals surface area contributed by atoms with Gasteiger partial charge in [-0.25, -0.2) is 0 Å². The maximum atomic E-state index is 8.98. The van der Waals surface area contributed by atoms with Gasteiger partial charge in [-0.3, -0.25) is 0 Å². The van der Waals surface area contributed by atoms with Gasteiger partial charge in [0.15, 0.2) is 0 Å². The fourth-order valence-corrected chi connectivity index (χ4v) is 3.49. The average Bonchev–Trinajstić information content (AvgIpc) is 2.33. The Morgan fingerprint density at radius 3 is 2.59 bits per heavy atom. The lowest BCUT2D eigenvalue weighted by Crippen LogP contribution is -2.49. The van der Waals surface area contributed by atoms with Crippen LogP contribution in [0.15, 0.2) is 0 Å². The third-order valence-corrected chi connectivity index (χ3v) is 5.03. The van der Waals surface area contributed by atoms with E-state index in [9.17, 15) is 0 Å². The zero-order valence-electron chi connectivity index (χ0n) is 11.4. The van der Waals surface area contributed by atoms with Crippen molar-refractivity contribution in [3.63, 3.8) is 0 Å². The molecule has 2 heteroatoms. The van der Waals surface area contributed by atoms with Crippen LogP contribution in [0.2, 0.25) is 0 Å². The molecule has 0 bridgehead atoms. The number of rotatable bonds is 2. The minimum atomic E-state index is 0.362. The monoisotopic (exact) mass is 234 g/mol. The van der Waals surface area contributed by atoms with Crippen molar-refractivity contribution in [2.45, 2.75) is 64.8 Å². The maximum absolute atomic E-state index is 8.98. The molecule has 2 nitrogen and oxygen atoms in total. The van der Waals surface area contributed by atoms with Crippen molar-refractivity contribution in [1.29, 1.82) is 5.26 Å². The Morgan fingerprint density at radius 1 is 1.24 bits per heavy atom. The summed E-state index contributed by atoms with van der Waals surface area (Å²) < 4.78 is 0. The normalized spacial score (nSPS) is 31.0. The van der Waals surface area contributed by atoms with Crippen LogP contribution in [0.5, 0.6) is 0 Å². The van der Waals surface area contributed by atoms with Crippen molar-refractivity contribution >= 4 is 0 Å². The largest absolute Gasteiger partial charge is 0.300 e. The van der Waals surface area contributed by atoms with Gasteiger partial charge in [0.2, 0.25) is 0 Å². The second-order valence-electron chi connectivity index (χ2n) is 6.58. The molecule has 0 N–H and O–H groups in total. The standard InChI is InChI=1S/C15H26N2/c1-15(2)9-11-17(12-13(15)8-10-16)14-6-4-3-5-7-14/h13-14H,3-9,11-12H2,1-2H3. The quantitative estimate of drug-likeness (QED) is 0.730. The van der Waals surface area contributed by atoms with Crippen molar-refractivity contribution in [2.24, 2.45) is 11.3 Å². The van der Waals surface area contributed by atoms with Crippen LogP contribution >= 0.6 is 0 Å². The molecule has 0 amide bonds. The first kappa shape index (κ1) is 12.9. The lowest BCUT2D eigenvalue weighted by atomic mass is 9.71. The van der Waals surface area contributed by atoms with E-state index >= 15 is 0 Å². The smallest absolute Gasteiger partial charge is 0.0625 e. The molecule has 96 valence electrons. The van der Waals surface area contributed by atoms with Gasteiger partial charge in [0.25, 0.3) is 0 Å². The fourth-order valence-electron chi connectivity index (χ4n) is 3.49. The molecule has 2 aliphatic rings. The molecule has 0 radical (unpaired) electrons. The molecule has 0 aromatic heterocycles. The molecular formula is C15H26N2. The van der Waals surface area contributed by atoms with Crippen molar-refractivity contribution in [3.8, 4) is 6.07 Å². The summed E-state index contributed by atoms with van der Waals surface area (Å²) in [5.74, 6) is 0.572. The summed E-state index contributed by atoms with van der Waals surface area (Å²) in [6, 6.07) is 3.21. The summed E-state index contributed by atoms with van der Waals surface area (Å²) in [7, 11) is 0. The minimum absolute atomic E-state index is 0.362. The SMILES string of the molecule is CC1(C)CCN(C2CCCCC2)CC1CC#N. The highest BCUT2D eigenvalue weighted by atomic mass is 15.2. The molecule has 1 aliphatic carbocycles. The predicted octanol–water partition coefficient (Wildman–Crippen LogP) is 3.58. The summed E-state index contributed by atoms with van der Waals surface area (Å²) in [5.41, 5.74) is 0.362. The molecule has 1 heterocycles. The Bertz CT molecular complexity index is 284. The molecule has 1 atom stereocenters. The van der Waals surface area contributed by atoms with E-state index in [2.05, 4.69) is 24.8 Å². The van der Waals surface area contributed by atoms with E-state index in [1.807, 2.05) is 0 Å². The summed E-state index contributed by atoms with van der Waals surface area (Å²) in [5, 5.41) is 8.98. The van der Waals surface area contributed by atoms with Crippen LogP contribution in [-0.4, -0.2) is 24.0 Å². The van der Waals surface area contributed by atoms with Crippen molar-refractivity contribution < 1.29 is 0 Å². The van der Waals surface area contributed by atoms with Gasteiger partial charge < -0.3 is 4.90 Å². The zero-order valence-corrected chi connectivity index (χ0v) is 11.4. The van der Waals surface area contributed by atoms with Gasteiger partial charge in [0.05, 0.1) is 6.07 Å². The van der Waals surface area contributed by atoms with Gasteiger partial charge in [0.1, 0.15) is 0 Å². The molecule has 2 rings (SSSR count). The van der Waals surface area contributed by atoms with E-state index < -0.39 is 0 Å². The highest BCUT2D eigenvalue weighted by Gasteiger charge is 2.37. The van der Waals surface area contributed by atoms with Crippen LogP contribution in [0.25, 0.3) is 0 Å². The van der Waals surface area contributed by atoms with E-state index in [0.717, 1.165) is 19.0 Å².